The first-order chi connectivity index (χ1) is 9.72. The first-order valence-corrected chi connectivity index (χ1v) is 7.72. The van der Waals surface area contributed by atoms with Crippen LogP contribution in [0.1, 0.15) is 43.0 Å². The van der Waals surface area contributed by atoms with Gasteiger partial charge in [0.15, 0.2) is 0 Å². The van der Waals surface area contributed by atoms with Crippen molar-refractivity contribution in [1.82, 2.24) is 20.8 Å². The van der Waals surface area contributed by atoms with E-state index in [0.29, 0.717) is 24.0 Å². The van der Waals surface area contributed by atoms with Crippen LogP contribution < -0.4 is 16.0 Å². The lowest BCUT2D eigenvalue weighted by molar-refractivity contribution is -0.122. The largest absolute Gasteiger partial charge is 0.354 e. The molecule has 1 aromatic rings. The van der Waals surface area contributed by atoms with Crippen molar-refractivity contribution in [3.05, 3.63) is 5.01 Å². The van der Waals surface area contributed by atoms with Gasteiger partial charge in [0.05, 0.1) is 0 Å². The Balaban J connectivity index is 1.53. The number of urea groups is 1. The summed E-state index contributed by atoms with van der Waals surface area (Å²) in [5.41, 5.74) is 0. The molecule has 0 unspecified atom stereocenters. The molecule has 1 aliphatic heterocycles. The second-order valence-electron chi connectivity index (χ2n) is 5.16. The van der Waals surface area contributed by atoms with E-state index in [4.69, 9.17) is 0 Å². The molecule has 7 nitrogen and oxygen atoms in total. The highest BCUT2D eigenvalue weighted by molar-refractivity contribution is 7.15. The SMILES string of the molecule is O=C(Nc1nnc(C2CC2)s1)N[C@H]1CCCCNC1=O. The number of hydrogen-bond donors (Lipinski definition) is 3. The van der Waals surface area contributed by atoms with Gasteiger partial charge in [0, 0.05) is 12.5 Å². The Morgan fingerprint density at radius 3 is 2.90 bits per heavy atom. The van der Waals surface area contributed by atoms with Crippen LogP contribution in [-0.4, -0.2) is 34.7 Å². The maximum absolute atomic E-state index is 11.9. The molecule has 8 heteroatoms. The van der Waals surface area contributed by atoms with Crippen LogP contribution in [0.4, 0.5) is 9.93 Å². The molecule has 20 heavy (non-hydrogen) atoms. The molecule has 3 amide bonds. The van der Waals surface area contributed by atoms with E-state index < -0.39 is 12.1 Å². The molecule has 0 radical (unpaired) electrons. The summed E-state index contributed by atoms with van der Waals surface area (Å²) in [5, 5.41) is 17.6. The van der Waals surface area contributed by atoms with E-state index in [9.17, 15) is 9.59 Å². The van der Waals surface area contributed by atoms with Gasteiger partial charge in [-0.15, -0.1) is 10.2 Å². The zero-order chi connectivity index (χ0) is 13.9. The fraction of sp³-hybridized carbons (Fsp3) is 0.667. The summed E-state index contributed by atoms with van der Waals surface area (Å²) >= 11 is 1.40. The molecule has 1 aliphatic carbocycles. The first kappa shape index (κ1) is 13.3. The standard InChI is InChI=1S/C12H17N5O2S/c18-9-8(3-1-2-6-13-9)14-11(19)15-12-17-16-10(20-12)7-4-5-7/h7-8H,1-6H2,(H,13,18)(H2,14,15,17,19)/t8-/m0/s1. The fourth-order valence-electron chi connectivity index (χ4n) is 2.15. The van der Waals surface area contributed by atoms with E-state index in [0.717, 1.165) is 30.7 Å². The van der Waals surface area contributed by atoms with Gasteiger partial charge in [0.2, 0.25) is 11.0 Å². The lowest BCUT2D eigenvalue weighted by Crippen LogP contribution is -2.46. The van der Waals surface area contributed by atoms with Crippen molar-refractivity contribution >= 4 is 28.4 Å². The number of anilines is 1. The minimum absolute atomic E-state index is 0.117. The molecule has 0 bridgehead atoms. The van der Waals surface area contributed by atoms with Gasteiger partial charge in [-0.1, -0.05) is 11.3 Å². The highest BCUT2D eigenvalue weighted by atomic mass is 32.1. The Kier molecular flexibility index (Phi) is 3.81. The number of amides is 3. The van der Waals surface area contributed by atoms with E-state index in [2.05, 4.69) is 26.1 Å². The van der Waals surface area contributed by atoms with Gasteiger partial charge in [-0.3, -0.25) is 10.1 Å². The van der Waals surface area contributed by atoms with Gasteiger partial charge in [0.1, 0.15) is 11.0 Å². The van der Waals surface area contributed by atoms with E-state index in [1.165, 1.54) is 11.3 Å². The minimum Gasteiger partial charge on any atom is -0.354 e. The second kappa shape index (κ2) is 5.74. The Bertz CT molecular complexity index is 514. The highest BCUT2D eigenvalue weighted by Gasteiger charge is 2.28. The Morgan fingerprint density at radius 1 is 1.25 bits per heavy atom. The van der Waals surface area contributed by atoms with E-state index in [1.807, 2.05) is 0 Å². The zero-order valence-corrected chi connectivity index (χ0v) is 11.8. The van der Waals surface area contributed by atoms with Gasteiger partial charge in [0.25, 0.3) is 0 Å². The summed E-state index contributed by atoms with van der Waals surface area (Å²) in [6.07, 6.45) is 4.86. The summed E-state index contributed by atoms with van der Waals surface area (Å²) in [7, 11) is 0. The Morgan fingerprint density at radius 2 is 2.10 bits per heavy atom. The van der Waals surface area contributed by atoms with E-state index >= 15 is 0 Å². The summed E-state index contributed by atoms with van der Waals surface area (Å²) < 4.78 is 0. The quantitative estimate of drug-likeness (QED) is 0.781. The molecule has 3 rings (SSSR count). The maximum Gasteiger partial charge on any atom is 0.321 e. The second-order valence-corrected chi connectivity index (χ2v) is 6.17. The number of carbonyl (C=O) groups is 2. The number of nitrogens with one attached hydrogen (secondary N) is 3. The van der Waals surface area contributed by atoms with Crippen molar-refractivity contribution in [1.29, 1.82) is 0 Å². The van der Waals surface area contributed by atoms with Crippen LogP contribution >= 0.6 is 11.3 Å². The molecular formula is C12H17N5O2S. The maximum atomic E-state index is 11.9. The third-order valence-corrected chi connectivity index (χ3v) is 4.43. The molecule has 1 aromatic heterocycles. The topological polar surface area (TPSA) is 96.0 Å². The molecule has 0 aromatic carbocycles. The molecule has 108 valence electrons. The third kappa shape index (κ3) is 3.24. The number of nitrogens with zero attached hydrogens (tertiary/aromatic N) is 2. The molecule has 1 saturated heterocycles. The average Bonchev–Trinajstić information content (AvgIpc) is 3.20. The monoisotopic (exact) mass is 295 g/mol. The van der Waals surface area contributed by atoms with Crippen LogP contribution in [0.2, 0.25) is 0 Å². The van der Waals surface area contributed by atoms with Gasteiger partial charge in [-0.2, -0.15) is 0 Å². The van der Waals surface area contributed by atoms with Crippen molar-refractivity contribution in [2.75, 3.05) is 11.9 Å². The van der Waals surface area contributed by atoms with Crippen molar-refractivity contribution in [2.45, 2.75) is 44.1 Å². The summed E-state index contributed by atoms with van der Waals surface area (Å²) in [6, 6.07) is -0.862. The van der Waals surface area contributed by atoms with Gasteiger partial charge < -0.3 is 10.6 Å². The number of rotatable bonds is 3. The normalized spacial score (nSPS) is 22.8. The van der Waals surface area contributed by atoms with Gasteiger partial charge in [-0.05, 0) is 32.1 Å². The van der Waals surface area contributed by atoms with E-state index in [1.54, 1.807) is 0 Å². The number of hydrogen-bond acceptors (Lipinski definition) is 5. The number of aromatic nitrogens is 2. The molecule has 1 saturated carbocycles. The number of carbonyl (C=O) groups excluding carboxylic acids is 2. The van der Waals surface area contributed by atoms with Crippen LogP contribution in [0.3, 0.4) is 0 Å². The predicted molar refractivity (Wildman–Crippen MR) is 74.7 cm³/mol. The van der Waals surface area contributed by atoms with Crippen molar-refractivity contribution in [3.63, 3.8) is 0 Å². The van der Waals surface area contributed by atoms with Crippen molar-refractivity contribution in [3.8, 4) is 0 Å². The van der Waals surface area contributed by atoms with Crippen LogP contribution in [0, 0.1) is 0 Å². The lowest BCUT2D eigenvalue weighted by atomic mass is 10.1. The third-order valence-electron chi connectivity index (χ3n) is 3.43. The molecule has 1 atom stereocenters. The lowest BCUT2D eigenvalue weighted by Gasteiger charge is -2.14. The molecule has 3 N–H and O–H groups in total. The van der Waals surface area contributed by atoms with Crippen LogP contribution in [0.5, 0.6) is 0 Å². The predicted octanol–water partition coefficient (Wildman–Crippen LogP) is 1.21. The average molecular weight is 295 g/mol. The van der Waals surface area contributed by atoms with Crippen molar-refractivity contribution < 1.29 is 9.59 Å². The zero-order valence-electron chi connectivity index (χ0n) is 11.0. The van der Waals surface area contributed by atoms with Crippen molar-refractivity contribution in [2.24, 2.45) is 0 Å². The molecule has 2 heterocycles. The van der Waals surface area contributed by atoms with Crippen LogP contribution in [0.25, 0.3) is 0 Å². The van der Waals surface area contributed by atoms with Gasteiger partial charge >= 0.3 is 6.03 Å². The molecular weight excluding hydrogens is 278 g/mol. The smallest absolute Gasteiger partial charge is 0.321 e. The summed E-state index contributed by atoms with van der Waals surface area (Å²) in [4.78, 5) is 23.6. The fourth-order valence-corrected chi connectivity index (χ4v) is 3.06. The molecule has 2 aliphatic rings. The van der Waals surface area contributed by atoms with Crippen LogP contribution in [-0.2, 0) is 4.79 Å². The van der Waals surface area contributed by atoms with E-state index in [-0.39, 0.29) is 5.91 Å². The molecule has 2 fully saturated rings. The van der Waals surface area contributed by atoms with Gasteiger partial charge in [-0.25, -0.2) is 4.79 Å². The summed E-state index contributed by atoms with van der Waals surface area (Å²) in [6.45, 7) is 0.680. The first-order valence-electron chi connectivity index (χ1n) is 6.91. The van der Waals surface area contributed by atoms with Crippen LogP contribution in [0.15, 0.2) is 0 Å². The minimum atomic E-state index is -0.465. The highest BCUT2D eigenvalue weighted by Crippen LogP contribution is 2.41. The Labute approximate surface area is 120 Å². The Hall–Kier alpha value is -1.70. The molecule has 0 spiro atoms. The summed E-state index contributed by atoms with van der Waals surface area (Å²) in [5.74, 6) is 0.410.